The number of furan rings is 1. The molecule has 2 atom stereocenters. The fraction of sp³-hybridized carbons (Fsp3) is 0.333. The number of carbonyl (C=O) groups is 2. The average molecular weight is 328 g/mol. The summed E-state index contributed by atoms with van der Waals surface area (Å²) in [6, 6.07) is 9.39. The SMILES string of the molecule is COC(=O)c1ccoc1CN1c2ccccc2[C@H](C(N)=O)C[C@@H]1C. The van der Waals surface area contributed by atoms with Crippen molar-refractivity contribution in [2.75, 3.05) is 12.0 Å². The van der Waals surface area contributed by atoms with Crippen LogP contribution < -0.4 is 10.6 Å². The minimum atomic E-state index is -0.424. The number of nitrogens with two attached hydrogens (primary N) is 1. The summed E-state index contributed by atoms with van der Waals surface area (Å²) >= 11 is 0. The van der Waals surface area contributed by atoms with E-state index in [1.165, 1.54) is 13.4 Å². The molecule has 0 radical (unpaired) electrons. The molecule has 0 unspecified atom stereocenters. The molecule has 0 saturated heterocycles. The lowest BCUT2D eigenvalue weighted by atomic mass is 9.85. The number of benzene rings is 1. The van der Waals surface area contributed by atoms with E-state index >= 15 is 0 Å². The van der Waals surface area contributed by atoms with E-state index < -0.39 is 5.97 Å². The van der Waals surface area contributed by atoms with Gasteiger partial charge in [-0.1, -0.05) is 18.2 Å². The number of hydrogen-bond acceptors (Lipinski definition) is 5. The first-order chi connectivity index (χ1) is 11.5. The van der Waals surface area contributed by atoms with Crippen LogP contribution in [0, 0.1) is 0 Å². The second kappa shape index (κ2) is 6.39. The van der Waals surface area contributed by atoms with E-state index in [2.05, 4.69) is 4.90 Å². The van der Waals surface area contributed by atoms with Crippen molar-refractivity contribution in [1.82, 2.24) is 0 Å². The molecule has 0 saturated carbocycles. The molecule has 0 spiro atoms. The smallest absolute Gasteiger partial charge is 0.341 e. The normalized spacial score (nSPS) is 19.7. The molecule has 1 aliphatic heterocycles. The van der Waals surface area contributed by atoms with Gasteiger partial charge < -0.3 is 19.8 Å². The molecule has 2 aromatic rings. The lowest BCUT2D eigenvalue weighted by molar-refractivity contribution is -0.119. The number of primary amides is 1. The van der Waals surface area contributed by atoms with Crippen LogP contribution in [-0.2, 0) is 16.1 Å². The Balaban J connectivity index is 1.97. The largest absolute Gasteiger partial charge is 0.467 e. The van der Waals surface area contributed by atoms with Crippen LogP contribution in [0.5, 0.6) is 0 Å². The molecule has 3 rings (SSSR count). The van der Waals surface area contributed by atoms with Crippen LogP contribution in [0.3, 0.4) is 0 Å². The van der Waals surface area contributed by atoms with Gasteiger partial charge in [0.25, 0.3) is 0 Å². The van der Waals surface area contributed by atoms with Crippen molar-refractivity contribution >= 4 is 17.6 Å². The number of methoxy groups -OCH3 is 1. The van der Waals surface area contributed by atoms with Gasteiger partial charge >= 0.3 is 5.97 Å². The Morgan fingerprint density at radius 3 is 2.79 bits per heavy atom. The van der Waals surface area contributed by atoms with Gasteiger partial charge in [0.05, 0.1) is 25.8 Å². The molecule has 126 valence electrons. The molecule has 6 heteroatoms. The predicted molar refractivity (Wildman–Crippen MR) is 88.7 cm³/mol. The second-order valence-corrected chi connectivity index (χ2v) is 5.98. The Kier molecular flexibility index (Phi) is 4.29. The van der Waals surface area contributed by atoms with Crippen molar-refractivity contribution < 1.29 is 18.7 Å². The number of rotatable bonds is 4. The fourth-order valence-corrected chi connectivity index (χ4v) is 3.30. The highest BCUT2D eigenvalue weighted by atomic mass is 16.5. The van der Waals surface area contributed by atoms with Gasteiger partial charge in [0.1, 0.15) is 11.3 Å². The van der Waals surface area contributed by atoms with Gasteiger partial charge in [-0.2, -0.15) is 0 Å². The van der Waals surface area contributed by atoms with E-state index in [-0.39, 0.29) is 17.9 Å². The summed E-state index contributed by atoms with van der Waals surface area (Å²) in [4.78, 5) is 25.8. The molecule has 0 bridgehead atoms. The summed E-state index contributed by atoms with van der Waals surface area (Å²) in [6.07, 6.45) is 2.11. The van der Waals surface area contributed by atoms with Gasteiger partial charge in [0, 0.05) is 11.7 Å². The van der Waals surface area contributed by atoms with Gasteiger partial charge in [-0.15, -0.1) is 0 Å². The van der Waals surface area contributed by atoms with Crippen molar-refractivity contribution in [2.45, 2.75) is 31.8 Å². The number of hydrogen-bond donors (Lipinski definition) is 1. The molecule has 0 aliphatic carbocycles. The van der Waals surface area contributed by atoms with Crippen LogP contribution in [-0.4, -0.2) is 25.0 Å². The van der Waals surface area contributed by atoms with Gasteiger partial charge in [0.15, 0.2) is 0 Å². The zero-order valence-electron chi connectivity index (χ0n) is 13.7. The van der Waals surface area contributed by atoms with E-state index in [9.17, 15) is 9.59 Å². The Hall–Kier alpha value is -2.76. The minimum Gasteiger partial charge on any atom is -0.467 e. The number of fused-ring (bicyclic) bond motifs is 1. The van der Waals surface area contributed by atoms with Crippen LogP contribution in [0.15, 0.2) is 41.0 Å². The highest BCUT2D eigenvalue weighted by molar-refractivity contribution is 5.90. The van der Waals surface area contributed by atoms with Crippen molar-refractivity contribution in [3.63, 3.8) is 0 Å². The predicted octanol–water partition coefficient (Wildman–Crippen LogP) is 2.43. The van der Waals surface area contributed by atoms with Crippen LogP contribution >= 0.6 is 0 Å². The zero-order valence-corrected chi connectivity index (χ0v) is 13.7. The number of anilines is 1. The third-order valence-corrected chi connectivity index (χ3v) is 4.54. The quantitative estimate of drug-likeness (QED) is 0.871. The topological polar surface area (TPSA) is 85.8 Å². The number of para-hydroxylation sites is 1. The van der Waals surface area contributed by atoms with Crippen molar-refractivity contribution in [3.05, 3.63) is 53.5 Å². The Labute approximate surface area is 140 Å². The summed E-state index contributed by atoms with van der Waals surface area (Å²) in [5.74, 6) is -0.501. The first-order valence-corrected chi connectivity index (χ1v) is 7.82. The van der Waals surface area contributed by atoms with E-state index in [0.717, 1.165) is 11.3 Å². The van der Waals surface area contributed by atoms with Gasteiger partial charge in [0.2, 0.25) is 5.91 Å². The first kappa shape index (κ1) is 16.1. The lowest BCUT2D eigenvalue weighted by Gasteiger charge is -2.39. The molecule has 24 heavy (non-hydrogen) atoms. The summed E-state index contributed by atoms with van der Waals surface area (Å²) in [5, 5.41) is 0. The maximum absolute atomic E-state index is 11.8. The monoisotopic (exact) mass is 328 g/mol. The summed E-state index contributed by atoms with van der Waals surface area (Å²) in [6.45, 7) is 2.45. The van der Waals surface area contributed by atoms with E-state index in [1.54, 1.807) is 6.07 Å². The zero-order chi connectivity index (χ0) is 17.3. The van der Waals surface area contributed by atoms with Crippen molar-refractivity contribution in [3.8, 4) is 0 Å². The van der Waals surface area contributed by atoms with E-state index in [4.69, 9.17) is 14.9 Å². The second-order valence-electron chi connectivity index (χ2n) is 5.98. The van der Waals surface area contributed by atoms with Gasteiger partial charge in [-0.25, -0.2) is 4.79 Å². The molecule has 2 N–H and O–H groups in total. The van der Waals surface area contributed by atoms with Crippen LogP contribution in [0.4, 0.5) is 5.69 Å². The summed E-state index contributed by atoms with van der Waals surface area (Å²) < 4.78 is 10.3. The number of carbonyl (C=O) groups excluding carboxylic acids is 2. The number of esters is 1. The minimum absolute atomic E-state index is 0.0768. The fourth-order valence-electron chi connectivity index (χ4n) is 3.30. The molecular formula is C18H20N2O4. The van der Waals surface area contributed by atoms with E-state index in [0.29, 0.717) is 24.3 Å². The van der Waals surface area contributed by atoms with Crippen molar-refractivity contribution in [1.29, 1.82) is 0 Å². The molecule has 6 nitrogen and oxygen atoms in total. The third-order valence-electron chi connectivity index (χ3n) is 4.54. The highest BCUT2D eigenvalue weighted by Gasteiger charge is 2.34. The van der Waals surface area contributed by atoms with Gasteiger partial charge in [-0.05, 0) is 31.0 Å². The molecule has 0 fully saturated rings. The number of ether oxygens (including phenoxy) is 1. The third kappa shape index (κ3) is 2.75. The van der Waals surface area contributed by atoms with Crippen molar-refractivity contribution in [2.24, 2.45) is 5.73 Å². The Morgan fingerprint density at radius 2 is 2.08 bits per heavy atom. The van der Waals surface area contributed by atoms with Crippen LogP contribution in [0.2, 0.25) is 0 Å². The molecule has 1 aliphatic rings. The molecule has 1 amide bonds. The average Bonchev–Trinajstić information content (AvgIpc) is 3.04. The maximum atomic E-state index is 11.8. The Morgan fingerprint density at radius 1 is 1.33 bits per heavy atom. The van der Waals surface area contributed by atoms with Crippen LogP contribution in [0.25, 0.3) is 0 Å². The maximum Gasteiger partial charge on any atom is 0.341 e. The molecule has 2 heterocycles. The number of amides is 1. The first-order valence-electron chi connectivity index (χ1n) is 7.82. The highest BCUT2D eigenvalue weighted by Crippen LogP contribution is 2.39. The van der Waals surface area contributed by atoms with Gasteiger partial charge in [-0.3, -0.25) is 4.79 Å². The Bertz CT molecular complexity index is 768. The number of nitrogens with zero attached hydrogens (tertiary/aromatic N) is 1. The van der Waals surface area contributed by atoms with Crippen LogP contribution in [0.1, 0.15) is 40.9 Å². The standard InChI is InChI=1S/C18H20N2O4/c1-11-9-14(17(19)21)12-5-3-4-6-15(12)20(11)10-16-13(7-8-24-16)18(22)23-2/h3-8,11,14H,9-10H2,1-2H3,(H2,19,21)/t11-,14+/m0/s1. The summed E-state index contributed by atoms with van der Waals surface area (Å²) in [5.41, 5.74) is 7.84. The lowest BCUT2D eigenvalue weighted by Crippen LogP contribution is -2.41. The van der Waals surface area contributed by atoms with E-state index in [1.807, 2.05) is 31.2 Å². The molecule has 1 aromatic heterocycles. The molecule has 1 aromatic carbocycles. The molecular weight excluding hydrogens is 308 g/mol. The summed E-state index contributed by atoms with van der Waals surface area (Å²) in [7, 11) is 1.34.